The molecule has 10 heteroatoms. The second kappa shape index (κ2) is 11.0. The second-order valence-corrected chi connectivity index (χ2v) is 9.56. The van der Waals surface area contributed by atoms with Crippen LogP contribution in [0.25, 0.3) is 0 Å². The van der Waals surface area contributed by atoms with E-state index in [0.717, 1.165) is 38.4 Å². The maximum atomic E-state index is 13.5. The summed E-state index contributed by atoms with van der Waals surface area (Å²) in [5.41, 5.74) is 3.46. The van der Waals surface area contributed by atoms with Gasteiger partial charge in [0.25, 0.3) is 11.5 Å². The van der Waals surface area contributed by atoms with Gasteiger partial charge in [-0.2, -0.15) is 13.2 Å². The SMILES string of the molecule is Cc1c(C(C)NC(=O)c2cn(C3CCOCC3)c(=O)cc2NN2CCCCC2)cccc1C(F)(F)F. The summed E-state index contributed by atoms with van der Waals surface area (Å²) in [5.74, 6) is -0.459. The van der Waals surface area contributed by atoms with E-state index in [1.165, 1.54) is 19.1 Å². The molecule has 0 saturated carbocycles. The third-order valence-electron chi connectivity index (χ3n) is 7.04. The lowest BCUT2D eigenvalue weighted by atomic mass is 9.97. The highest BCUT2D eigenvalue weighted by Crippen LogP contribution is 2.34. The number of anilines is 1. The van der Waals surface area contributed by atoms with Crippen LogP contribution >= 0.6 is 0 Å². The van der Waals surface area contributed by atoms with Crippen LogP contribution in [-0.4, -0.2) is 41.8 Å². The van der Waals surface area contributed by atoms with Gasteiger partial charge in [0.1, 0.15) is 0 Å². The van der Waals surface area contributed by atoms with Gasteiger partial charge in [-0.1, -0.05) is 18.6 Å². The van der Waals surface area contributed by atoms with Crippen LogP contribution in [0.2, 0.25) is 0 Å². The minimum absolute atomic E-state index is 0.0787. The number of ether oxygens (including phenoxy) is 1. The summed E-state index contributed by atoms with van der Waals surface area (Å²) in [4.78, 5) is 26.5. The Morgan fingerprint density at radius 2 is 1.83 bits per heavy atom. The molecule has 2 aromatic rings. The van der Waals surface area contributed by atoms with Crippen molar-refractivity contribution in [2.75, 3.05) is 31.7 Å². The van der Waals surface area contributed by atoms with E-state index in [0.29, 0.717) is 37.3 Å². The lowest BCUT2D eigenvalue weighted by molar-refractivity contribution is -0.138. The lowest BCUT2D eigenvalue weighted by Gasteiger charge is -2.30. The molecule has 4 rings (SSSR count). The van der Waals surface area contributed by atoms with Crippen molar-refractivity contribution in [3.8, 4) is 0 Å². The molecule has 3 heterocycles. The average molecular weight is 507 g/mol. The van der Waals surface area contributed by atoms with Gasteiger partial charge in [0, 0.05) is 44.6 Å². The molecule has 2 N–H and O–H groups in total. The number of hydrazine groups is 1. The van der Waals surface area contributed by atoms with Crippen molar-refractivity contribution in [3.63, 3.8) is 0 Å². The molecule has 2 saturated heterocycles. The van der Waals surface area contributed by atoms with E-state index in [9.17, 15) is 22.8 Å². The first-order valence-corrected chi connectivity index (χ1v) is 12.5. The smallest absolute Gasteiger partial charge is 0.381 e. The summed E-state index contributed by atoms with van der Waals surface area (Å²) in [6.07, 6.45) is 1.59. The summed E-state index contributed by atoms with van der Waals surface area (Å²) in [7, 11) is 0. The van der Waals surface area contributed by atoms with Crippen molar-refractivity contribution in [1.82, 2.24) is 14.9 Å². The molecule has 0 aliphatic carbocycles. The number of halogens is 3. The van der Waals surface area contributed by atoms with E-state index >= 15 is 0 Å². The molecule has 1 aromatic carbocycles. The number of benzene rings is 1. The Bertz CT molecular complexity index is 1140. The molecule has 36 heavy (non-hydrogen) atoms. The summed E-state index contributed by atoms with van der Waals surface area (Å²) < 4.78 is 47.2. The number of hydrogen-bond acceptors (Lipinski definition) is 5. The minimum atomic E-state index is -4.48. The third kappa shape index (κ3) is 5.92. The zero-order chi connectivity index (χ0) is 25.9. The quantitative estimate of drug-likeness (QED) is 0.587. The Hall–Kier alpha value is -2.85. The van der Waals surface area contributed by atoms with Gasteiger partial charge in [0.2, 0.25) is 0 Å². The first-order valence-electron chi connectivity index (χ1n) is 12.5. The van der Waals surface area contributed by atoms with Crippen LogP contribution in [0.4, 0.5) is 18.9 Å². The molecular weight excluding hydrogens is 473 g/mol. The molecule has 1 unspecified atom stereocenters. The number of carbonyl (C=O) groups excluding carboxylic acids is 1. The predicted octanol–water partition coefficient (Wildman–Crippen LogP) is 4.83. The van der Waals surface area contributed by atoms with Crippen molar-refractivity contribution < 1.29 is 22.7 Å². The number of aromatic nitrogens is 1. The van der Waals surface area contributed by atoms with E-state index in [1.54, 1.807) is 23.8 Å². The van der Waals surface area contributed by atoms with Crippen molar-refractivity contribution >= 4 is 11.6 Å². The zero-order valence-corrected chi connectivity index (χ0v) is 20.7. The van der Waals surface area contributed by atoms with Crippen LogP contribution < -0.4 is 16.3 Å². The Balaban J connectivity index is 1.64. The van der Waals surface area contributed by atoms with Crippen LogP contribution in [0.15, 0.2) is 35.3 Å². The maximum absolute atomic E-state index is 13.5. The van der Waals surface area contributed by atoms with Gasteiger partial charge in [0.15, 0.2) is 0 Å². The van der Waals surface area contributed by atoms with E-state index < -0.39 is 23.7 Å². The lowest BCUT2D eigenvalue weighted by Crippen LogP contribution is -2.38. The molecule has 0 radical (unpaired) electrons. The van der Waals surface area contributed by atoms with Crippen LogP contribution in [0.5, 0.6) is 0 Å². The molecule has 196 valence electrons. The molecule has 1 atom stereocenters. The highest BCUT2D eigenvalue weighted by molar-refractivity contribution is 5.99. The minimum Gasteiger partial charge on any atom is -0.381 e. The molecule has 7 nitrogen and oxygen atoms in total. The first kappa shape index (κ1) is 26.2. The van der Waals surface area contributed by atoms with E-state index in [2.05, 4.69) is 10.7 Å². The number of nitrogens with one attached hydrogen (secondary N) is 2. The van der Waals surface area contributed by atoms with Crippen molar-refractivity contribution in [1.29, 1.82) is 0 Å². The number of hydrogen-bond donors (Lipinski definition) is 2. The number of rotatable bonds is 6. The fraction of sp³-hybridized carbons (Fsp3) is 0.538. The summed E-state index contributed by atoms with van der Waals surface area (Å²) in [5, 5.41) is 4.85. The van der Waals surface area contributed by atoms with Crippen LogP contribution in [0.3, 0.4) is 0 Å². The van der Waals surface area contributed by atoms with E-state index in [4.69, 9.17) is 4.74 Å². The molecule has 1 amide bonds. The molecule has 1 aromatic heterocycles. The van der Waals surface area contributed by atoms with Crippen LogP contribution in [0, 0.1) is 6.92 Å². The molecule has 2 aliphatic heterocycles. The Kier molecular flexibility index (Phi) is 8.04. The van der Waals surface area contributed by atoms with Crippen molar-refractivity contribution in [2.45, 2.75) is 64.2 Å². The monoisotopic (exact) mass is 506 g/mol. The summed E-state index contributed by atoms with van der Waals surface area (Å²) >= 11 is 0. The van der Waals surface area contributed by atoms with E-state index in [-0.39, 0.29) is 22.7 Å². The molecule has 2 aliphatic rings. The summed E-state index contributed by atoms with van der Waals surface area (Å²) in [6, 6.07) is 4.67. The van der Waals surface area contributed by atoms with Crippen molar-refractivity contribution in [2.24, 2.45) is 0 Å². The Morgan fingerprint density at radius 3 is 2.50 bits per heavy atom. The maximum Gasteiger partial charge on any atom is 0.416 e. The highest BCUT2D eigenvalue weighted by Gasteiger charge is 2.33. The van der Waals surface area contributed by atoms with Crippen LogP contribution in [0.1, 0.15) is 78.2 Å². The molecule has 0 bridgehead atoms. The van der Waals surface area contributed by atoms with Gasteiger partial charge >= 0.3 is 6.18 Å². The molecular formula is C26H33F3N4O3. The number of carbonyl (C=O) groups is 1. The summed E-state index contributed by atoms with van der Waals surface area (Å²) in [6.45, 7) is 5.74. The number of alkyl halides is 3. The third-order valence-corrected chi connectivity index (χ3v) is 7.04. The highest BCUT2D eigenvalue weighted by atomic mass is 19.4. The van der Waals surface area contributed by atoms with Crippen LogP contribution in [-0.2, 0) is 10.9 Å². The van der Waals surface area contributed by atoms with Gasteiger partial charge in [0.05, 0.1) is 22.9 Å². The fourth-order valence-electron chi connectivity index (χ4n) is 5.03. The number of piperidine rings is 1. The van der Waals surface area contributed by atoms with Gasteiger partial charge in [-0.15, -0.1) is 0 Å². The topological polar surface area (TPSA) is 75.6 Å². The van der Waals surface area contributed by atoms with Gasteiger partial charge in [-0.25, -0.2) is 5.01 Å². The average Bonchev–Trinajstić information content (AvgIpc) is 2.84. The predicted molar refractivity (Wildman–Crippen MR) is 131 cm³/mol. The first-order chi connectivity index (χ1) is 17.1. The molecule has 0 spiro atoms. The normalized spacial score (nSPS) is 18.6. The van der Waals surface area contributed by atoms with Gasteiger partial charge in [-0.3, -0.25) is 9.59 Å². The number of nitrogens with zero attached hydrogens (tertiary/aromatic N) is 2. The standard InChI is InChI=1S/C26H33F3N4O3/c1-17-20(7-6-8-22(17)26(27,28)29)18(2)30-25(35)21-16-33(19-9-13-36-14-10-19)24(34)15-23(21)31-32-11-4-3-5-12-32/h6-8,15-16,18-19,31H,3-5,9-14H2,1-2H3,(H,30,35). The zero-order valence-electron chi connectivity index (χ0n) is 20.7. The molecule has 2 fully saturated rings. The fourth-order valence-corrected chi connectivity index (χ4v) is 5.03. The second-order valence-electron chi connectivity index (χ2n) is 9.56. The largest absolute Gasteiger partial charge is 0.416 e. The Morgan fingerprint density at radius 1 is 1.14 bits per heavy atom. The van der Waals surface area contributed by atoms with Crippen molar-refractivity contribution in [3.05, 3.63) is 63.1 Å². The number of amides is 1. The van der Waals surface area contributed by atoms with Gasteiger partial charge < -0.3 is 20.0 Å². The Labute approximate surface area is 208 Å². The number of pyridine rings is 1. The van der Waals surface area contributed by atoms with E-state index in [1.807, 2.05) is 5.01 Å². The van der Waals surface area contributed by atoms with Gasteiger partial charge in [-0.05, 0) is 56.7 Å².